The Balaban J connectivity index is 1.25. The number of allylic oxidation sites excluding steroid dienone is 3. The van der Waals surface area contributed by atoms with E-state index in [1.165, 1.54) is 38.9 Å². The van der Waals surface area contributed by atoms with Crippen molar-refractivity contribution < 1.29 is 23.9 Å². The topological polar surface area (TPSA) is 69.7 Å². The van der Waals surface area contributed by atoms with Crippen molar-refractivity contribution in [3.63, 3.8) is 0 Å². The molecule has 6 fully saturated rings. The first-order chi connectivity index (χ1) is 16.3. The quantitative estimate of drug-likeness (QED) is 0.201. The fourth-order valence-corrected chi connectivity index (χ4v) is 8.70. The summed E-state index contributed by atoms with van der Waals surface area (Å²) in [6.45, 7) is 1.49. The van der Waals surface area contributed by atoms with E-state index in [0.29, 0.717) is 24.0 Å². The number of fused-ring (bicyclic) bond motifs is 1. The van der Waals surface area contributed by atoms with Crippen LogP contribution in [0.15, 0.2) is 23.8 Å². The molecule has 4 atom stereocenters. The number of ketones is 1. The van der Waals surface area contributed by atoms with Crippen LogP contribution in [0.3, 0.4) is 0 Å². The van der Waals surface area contributed by atoms with Gasteiger partial charge in [-0.15, -0.1) is 0 Å². The van der Waals surface area contributed by atoms with Crippen molar-refractivity contribution in [1.29, 1.82) is 0 Å². The molecule has 0 aliphatic heterocycles. The molecule has 0 heterocycles. The third kappa shape index (κ3) is 4.77. The highest BCUT2D eigenvalue weighted by atomic mass is 16.5. The van der Waals surface area contributed by atoms with Crippen LogP contribution in [-0.2, 0) is 23.9 Å². The second-order valence-electron chi connectivity index (χ2n) is 12.0. The van der Waals surface area contributed by atoms with Crippen molar-refractivity contribution in [1.82, 2.24) is 0 Å². The molecule has 5 heteroatoms. The van der Waals surface area contributed by atoms with Crippen molar-refractivity contribution in [2.24, 2.45) is 40.9 Å². The molecule has 0 radical (unpaired) electrons. The molecule has 0 N–H and O–H groups in total. The monoisotopic (exact) mass is 468 g/mol. The van der Waals surface area contributed by atoms with Crippen LogP contribution in [0.5, 0.6) is 0 Å². The predicted molar refractivity (Wildman–Crippen MR) is 129 cm³/mol. The van der Waals surface area contributed by atoms with Crippen molar-refractivity contribution in [3.05, 3.63) is 23.8 Å². The summed E-state index contributed by atoms with van der Waals surface area (Å²) in [4.78, 5) is 36.7. The van der Waals surface area contributed by atoms with E-state index >= 15 is 0 Å². The van der Waals surface area contributed by atoms with E-state index in [4.69, 9.17) is 9.47 Å². The highest BCUT2D eigenvalue weighted by molar-refractivity contribution is 5.95. The van der Waals surface area contributed by atoms with Gasteiger partial charge in [-0.2, -0.15) is 0 Å². The number of methoxy groups -OCH3 is 1. The molecule has 6 aliphatic carbocycles. The fraction of sp³-hybridized carbons (Fsp3) is 0.759. The molecule has 34 heavy (non-hydrogen) atoms. The maximum atomic E-state index is 13.5. The van der Waals surface area contributed by atoms with E-state index in [1.54, 1.807) is 0 Å². The summed E-state index contributed by atoms with van der Waals surface area (Å²) in [6, 6.07) is 0. The number of carbonyl (C=O) groups is 3. The van der Waals surface area contributed by atoms with E-state index in [9.17, 15) is 14.4 Å². The second-order valence-corrected chi connectivity index (χ2v) is 12.0. The zero-order chi connectivity index (χ0) is 23.9. The van der Waals surface area contributed by atoms with Gasteiger partial charge in [-0.3, -0.25) is 14.4 Å². The molecule has 6 rings (SSSR count). The summed E-state index contributed by atoms with van der Waals surface area (Å²) in [5, 5.41) is 0. The van der Waals surface area contributed by atoms with Gasteiger partial charge < -0.3 is 9.47 Å². The largest absolute Gasteiger partial charge is 0.469 e. The summed E-state index contributed by atoms with van der Waals surface area (Å²) < 4.78 is 10.5. The Morgan fingerprint density at radius 2 is 1.68 bits per heavy atom. The van der Waals surface area contributed by atoms with Crippen LogP contribution in [0.4, 0.5) is 0 Å². The average Bonchev–Trinajstić information content (AvgIpc) is 3.30. The minimum atomic E-state index is -0.227. The minimum Gasteiger partial charge on any atom is -0.469 e. The SMILES string of the molecule is COC(=O)CCCC=C1C[C@@H]2C[C@H](OC(C)=O)[C@@H](C=CC(=O)C34CC5CC(CC(C5)C3)C4)[C@@H]2C1. The highest BCUT2D eigenvalue weighted by Crippen LogP contribution is 2.60. The molecule has 0 aromatic heterocycles. The van der Waals surface area contributed by atoms with Gasteiger partial charge in [-0.1, -0.05) is 17.7 Å². The lowest BCUT2D eigenvalue weighted by molar-refractivity contribution is -0.147. The van der Waals surface area contributed by atoms with E-state index in [0.717, 1.165) is 69.1 Å². The van der Waals surface area contributed by atoms with Crippen molar-refractivity contribution in [3.8, 4) is 0 Å². The molecule has 6 saturated carbocycles. The van der Waals surface area contributed by atoms with Crippen LogP contribution in [-0.4, -0.2) is 30.9 Å². The van der Waals surface area contributed by atoms with E-state index in [1.807, 2.05) is 6.08 Å². The summed E-state index contributed by atoms with van der Waals surface area (Å²) in [7, 11) is 1.43. The Kier molecular flexibility index (Phi) is 6.74. The molecular weight excluding hydrogens is 428 g/mol. The van der Waals surface area contributed by atoms with Gasteiger partial charge >= 0.3 is 11.9 Å². The Labute approximate surface area is 203 Å². The molecule has 0 saturated heterocycles. The summed E-state index contributed by atoms with van der Waals surface area (Å²) in [6.07, 6.45) is 18.6. The first-order valence-electron chi connectivity index (χ1n) is 13.5. The normalized spacial score (nSPS) is 41.2. The molecule has 0 aromatic carbocycles. The van der Waals surface area contributed by atoms with Crippen LogP contribution in [0.1, 0.15) is 84.0 Å². The number of esters is 2. The lowest BCUT2D eigenvalue weighted by atomic mass is 9.48. The zero-order valence-electron chi connectivity index (χ0n) is 20.8. The van der Waals surface area contributed by atoms with E-state index in [2.05, 4.69) is 12.2 Å². The average molecular weight is 469 g/mol. The van der Waals surface area contributed by atoms with E-state index in [-0.39, 0.29) is 29.4 Å². The highest BCUT2D eigenvalue weighted by Gasteiger charge is 2.54. The van der Waals surface area contributed by atoms with Gasteiger partial charge in [-0.05, 0) is 106 Å². The molecule has 4 bridgehead atoms. The number of ether oxygens (including phenoxy) is 2. The van der Waals surface area contributed by atoms with Crippen LogP contribution in [0.25, 0.3) is 0 Å². The Hall–Kier alpha value is -1.91. The molecular formula is C29H40O5. The van der Waals surface area contributed by atoms with E-state index < -0.39 is 0 Å². The molecule has 0 aromatic rings. The number of hydrogen-bond donors (Lipinski definition) is 0. The van der Waals surface area contributed by atoms with Crippen LogP contribution < -0.4 is 0 Å². The van der Waals surface area contributed by atoms with Gasteiger partial charge in [-0.25, -0.2) is 0 Å². The second kappa shape index (κ2) is 9.62. The number of rotatable bonds is 8. The van der Waals surface area contributed by atoms with Crippen molar-refractivity contribution >= 4 is 17.7 Å². The molecule has 0 amide bonds. The molecule has 5 nitrogen and oxygen atoms in total. The Morgan fingerprint density at radius 1 is 1.00 bits per heavy atom. The summed E-state index contributed by atoms with van der Waals surface area (Å²) in [5.41, 5.74) is 1.34. The number of unbranched alkanes of at least 4 members (excludes halogenated alkanes) is 1. The first-order valence-corrected chi connectivity index (χ1v) is 13.5. The molecule has 0 unspecified atom stereocenters. The van der Waals surface area contributed by atoms with Gasteiger partial charge in [0.2, 0.25) is 0 Å². The van der Waals surface area contributed by atoms with Gasteiger partial charge in [0.15, 0.2) is 5.78 Å². The maximum Gasteiger partial charge on any atom is 0.305 e. The lowest BCUT2D eigenvalue weighted by Crippen LogP contribution is -2.49. The number of hydrogen-bond acceptors (Lipinski definition) is 5. The van der Waals surface area contributed by atoms with Gasteiger partial charge in [0, 0.05) is 24.7 Å². The third-order valence-corrected chi connectivity index (χ3v) is 9.68. The molecule has 6 aliphatic rings. The van der Waals surface area contributed by atoms with Crippen molar-refractivity contribution in [2.75, 3.05) is 7.11 Å². The fourth-order valence-electron chi connectivity index (χ4n) is 8.70. The third-order valence-electron chi connectivity index (χ3n) is 9.68. The van der Waals surface area contributed by atoms with Crippen molar-refractivity contribution in [2.45, 2.75) is 90.1 Å². The lowest BCUT2D eigenvalue weighted by Gasteiger charge is -2.55. The Morgan fingerprint density at radius 3 is 2.29 bits per heavy atom. The maximum absolute atomic E-state index is 13.5. The van der Waals surface area contributed by atoms with Gasteiger partial charge in [0.05, 0.1) is 7.11 Å². The van der Waals surface area contributed by atoms with Gasteiger partial charge in [0.1, 0.15) is 6.10 Å². The minimum absolute atomic E-state index is 0.111. The summed E-state index contributed by atoms with van der Waals surface area (Å²) >= 11 is 0. The zero-order valence-corrected chi connectivity index (χ0v) is 20.8. The van der Waals surface area contributed by atoms with Gasteiger partial charge in [0.25, 0.3) is 0 Å². The van der Waals surface area contributed by atoms with Crippen LogP contribution >= 0.6 is 0 Å². The summed E-state index contributed by atoms with van der Waals surface area (Å²) in [5.74, 6) is 3.28. The number of carbonyl (C=O) groups excluding carboxylic acids is 3. The first kappa shape index (κ1) is 23.8. The van der Waals surface area contributed by atoms with Crippen LogP contribution in [0.2, 0.25) is 0 Å². The standard InChI is InChI=1S/C29H40O5/c1-18(30)34-26-14-23-12-19(5-3-4-6-28(32)33-2)13-25(23)24(26)7-8-27(31)29-15-20-9-21(16-29)11-22(10-20)17-29/h5,7-8,20-26H,3-4,6,9-17H2,1-2H3/t20?,21?,22?,23-,24+,25-,26+,29?/m1/s1. The van der Waals surface area contributed by atoms with Crippen LogP contribution in [0, 0.1) is 40.9 Å². The molecule has 0 spiro atoms. The Bertz CT molecular complexity index is 848. The predicted octanol–water partition coefficient (Wildman–Crippen LogP) is 5.58. The molecule has 186 valence electrons. The smallest absolute Gasteiger partial charge is 0.305 e.